The summed E-state index contributed by atoms with van der Waals surface area (Å²) in [5.41, 5.74) is 0.0445. The molecule has 1 N–H and O–H groups in total. The molecular weight excluding hydrogens is 238 g/mol. The Morgan fingerprint density at radius 3 is 2.94 bits per heavy atom. The Kier molecular flexibility index (Phi) is 3.51. The van der Waals surface area contributed by atoms with Crippen LogP contribution in [0.15, 0.2) is 18.3 Å². The fourth-order valence-corrected chi connectivity index (χ4v) is 2.86. The van der Waals surface area contributed by atoms with Crippen molar-refractivity contribution in [1.82, 2.24) is 4.98 Å². The van der Waals surface area contributed by atoms with E-state index >= 15 is 0 Å². The Bertz CT molecular complexity index is 415. The highest BCUT2D eigenvalue weighted by atomic mass is 32.2. The third-order valence-corrected chi connectivity index (χ3v) is 4.68. The minimum Gasteiger partial charge on any atom is -0.363 e. The van der Waals surface area contributed by atoms with Gasteiger partial charge in [0, 0.05) is 23.6 Å². The molecule has 92 valence electrons. The molecule has 1 aromatic rings. The molecule has 17 heavy (non-hydrogen) atoms. The van der Waals surface area contributed by atoms with E-state index in [0.29, 0.717) is 5.82 Å². The standard InChI is InChI=1S/C11H15N3O2S/c1-17-11(5-3-6-11)8-13-10-9(14(15)16)4-2-7-12-10/h2,4,7H,3,5-6,8H2,1H3,(H,12,13). The third kappa shape index (κ3) is 2.52. The number of hydrogen-bond donors (Lipinski definition) is 1. The molecule has 1 aromatic heterocycles. The van der Waals surface area contributed by atoms with Gasteiger partial charge in [-0.2, -0.15) is 11.8 Å². The Labute approximate surface area is 104 Å². The van der Waals surface area contributed by atoms with E-state index < -0.39 is 4.92 Å². The van der Waals surface area contributed by atoms with E-state index in [2.05, 4.69) is 16.6 Å². The average molecular weight is 253 g/mol. The minimum absolute atomic E-state index is 0.0445. The van der Waals surface area contributed by atoms with Gasteiger partial charge in [-0.25, -0.2) is 4.98 Å². The Morgan fingerprint density at radius 1 is 1.65 bits per heavy atom. The van der Waals surface area contributed by atoms with Crippen LogP contribution in [0.5, 0.6) is 0 Å². The molecule has 0 atom stereocenters. The van der Waals surface area contributed by atoms with Crippen LogP contribution < -0.4 is 5.32 Å². The molecule has 5 nitrogen and oxygen atoms in total. The van der Waals surface area contributed by atoms with Gasteiger partial charge in [0.15, 0.2) is 0 Å². The van der Waals surface area contributed by atoms with Crippen LogP contribution in [0.2, 0.25) is 0 Å². The van der Waals surface area contributed by atoms with Gasteiger partial charge < -0.3 is 5.32 Å². The maximum absolute atomic E-state index is 10.8. The largest absolute Gasteiger partial charge is 0.363 e. The van der Waals surface area contributed by atoms with E-state index in [4.69, 9.17) is 0 Å². The molecule has 0 bridgehead atoms. The molecule has 1 fully saturated rings. The minimum atomic E-state index is -0.401. The summed E-state index contributed by atoms with van der Waals surface area (Å²) < 4.78 is 0.241. The van der Waals surface area contributed by atoms with Crippen molar-refractivity contribution >= 4 is 23.3 Å². The summed E-state index contributed by atoms with van der Waals surface area (Å²) in [6.45, 7) is 0.742. The molecule has 1 aliphatic rings. The number of anilines is 1. The van der Waals surface area contributed by atoms with Crippen molar-refractivity contribution in [1.29, 1.82) is 0 Å². The molecule has 0 aliphatic heterocycles. The first kappa shape index (κ1) is 12.2. The van der Waals surface area contributed by atoms with E-state index in [1.54, 1.807) is 12.3 Å². The van der Waals surface area contributed by atoms with Crippen LogP contribution in [0, 0.1) is 10.1 Å². The monoisotopic (exact) mass is 253 g/mol. The van der Waals surface area contributed by atoms with Gasteiger partial charge in [0.2, 0.25) is 5.82 Å². The van der Waals surface area contributed by atoms with Crippen LogP contribution in [0.4, 0.5) is 11.5 Å². The molecule has 0 amide bonds. The number of aromatic nitrogens is 1. The zero-order valence-electron chi connectivity index (χ0n) is 9.68. The van der Waals surface area contributed by atoms with Gasteiger partial charge in [0.1, 0.15) is 0 Å². The Balaban J connectivity index is 2.06. The van der Waals surface area contributed by atoms with Crippen LogP contribution >= 0.6 is 11.8 Å². The second kappa shape index (κ2) is 4.91. The van der Waals surface area contributed by atoms with Gasteiger partial charge in [-0.05, 0) is 25.2 Å². The molecule has 1 saturated carbocycles. The number of rotatable bonds is 5. The first-order valence-corrected chi connectivity index (χ1v) is 6.78. The van der Waals surface area contributed by atoms with Crippen LogP contribution in [-0.2, 0) is 0 Å². The van der Waals surface area contributed by atoms with Crippen LogP contribution in [-0.4, -0.2) is 27.5 Å². The number of thioether (sulfide) groups is 1. The molecule has 1 aliphatic carbocycles. The predicted molar refractivity (Wildman–Crippen MR) is 69.5 cm³/mol. The summed E-state index contributed by atoms with van der Waals surface area (Å²) in [5.74, 6) is 0.373. The van der Waals surface area contributed by atoms with E-state index in [1.807, 2.05) is 11.8 Å². The molecule has 0 radical (unpaired) electrons. The SMILES string of the molecule is CSC1(CNc2ncccc2[N+](=O)[O-])CCC1. The van der Waals surface area contributed by atoms with Gasteiger partial charge in [-0.1, -0.05) is 6.42 Å². The first-order valence-electron chi connectivity index (χ1n) is 5.55. The van der Waals surface area contributed by atoms with Crippen molar-refractivity contribution in [2.75, 3.05) is 18.1 Å². The topological polar surface area (TPSA) is 68.1 Å². The van der Waals surface area contributed by atoms with Gasteiger partial charge in [-0.3, -0.25) is 10.1 Å². The maximum atomic E-state index is 10.8. The molecule has 0 aromatic carbocycles. The van der Waals surface area contributed by atoms with E-state index in [-0.39, 0.29) is 10.4 Å². The normalized spacial score (nSPS) is 17.2. The fourth-order valence-electron chi connectivity index (χ4n) is 1.95. The molecule has 6 heteroatoms. The van der Waals surface area contributed by atoms with E-state index in [1.165, 1.54) is 25.3 Å². The zero-order chi connectivity index (χ0) is 12.3. The van der Waals surface area contributed by atoms with E-state index in [0.717, 1.165) is 6.54 Å². The maximum Gasteiger partial charge on any atom is 0.311 e. The van der Waals surface area contributed by atoms with Gasteiger partial charge >= 0.3 is 5.69 Å². The average Bonchev–Trinajstić information content (AvgIpc) is 2.28. The first-order chi connectivity index (χ1) is 8.17. The van der Waals surface area contributed by atoms with Gasteiger partial charge in [-0.15, -0.1) is 0 Å². The highest BCUT2D eigenvalue weighted by Gasteiger charge is 2.36. The third-order valence-electron chi connectivity index (χ3n) is 3.26. The second-order valence-electron chi connectivity index (χ2n) is 4.22. The number of pyridine rings is 1. The van der Waals surface area contributed by atoms with Crippen molar-refractivity contribution < 1.29 is 4.92 Å². The predicted octanol–water partition coefficient (Wildman–Crippen LogP) is 2.69. The van der Waals surface area contributed by atoms with Crippen molar-refractivity contribution in [2.24, 2.45) is 0 Å². The summed E-state index contributed by atoms with van der Waals surface area (Å²) in [7, 11) is 0. The number of nitro groups is 1. The highest BCUT2D eigenvalue weighted by Crippen LogP contribution is 2.42. The van der Waals surface area contributed by atoms with Crippen LogP contribution in [0.3, 0.4) is 0 Å². The lowest BCUT2D eigenvalue weighted by molar-refractivity contribution is -0.384. The van der Waals surface area contributed by atoms with Crippen LogP contribution in [0.25, 0.3) is 0 Å². The highest BCUT2D eigenvalue weighted by molar-refractivity contribution is 8.00. The number of nitrogens with zero attached hydrogens (tertiary/aromatic N) is 2. The van der Waals surface area contributed by atoms with Crippen molar-refractivity contribution in [3.8, 4) is 0 Å². The lowest BCUT2D eigenvalue weighted by atomic mass is 9.84. The quantitative estimate of drug-likeness (QED) is 0.645. The van der Waals surface area contributed by atoms with Gasteiger partial charge in [0.25, 0.3) is 0 Å². The summed E-state index contributed by atoms with van der Waals surface area (Å²) in [4.78, 5) is 14.5. The summed E-state index contributed by atoms with van der Waals surface area (Å²) in [5, 5.41) is 13.9. The summed E-state index contributed by atoms with van der Waals surface area (Å²) >= 11 is 1.83. The zero-order valence-corrected chi connectivity index (χ0v) is 10.5. The number of hydrogen-bond acceptors (Lipinski definition) is 5. The molecule has 0 unspecified atom stereocenters. The molecule has 0 spiro atoms. The van der Waals surface area contributed by atoms with E-state index in [9.17, 15) is 10.1 Å². The van der Waals surface area contributed by atoms with Crippen molar-refractivity contribution in [3.05, 3.63) is 28.4 Å². The van der Waals surface area contributed by atoms with Gasteiger partial charge in [0.05, 0.1) is 4.92 Å². The molecular formula is C11H15N3O2S. The van der Waals surface area contributed by atoms with Crippen molar-refractivity contribution in [3.63, 3.8) is 0 Å². The summed E-state index contributed by atoms with van der Waals surface area (Å²) in [6, 6.07) is 3.05. The lowest BCUT2D eigenvalue weighted by Crippen LogP contribution is -2.40. The summed E-state index contributed by atoms with van der Waals surface area (Å²) in [6.07, 6.45) is 7.24. The van der Waals surface area contributed by atoms with Crippen LogP contribution in [0.1, 0.15) is 19.3 Å². The lowest BCUT2D eigenvalue weighted by Gasteiger charge is -2.40. The number of nitrogens with one attached hydrogen (secondary N) is 1. The smallest absolute Gasteiger partial charge is 0.311 e. The van der Waals surface area contributed by atoms with Crippen molar-refractivity contribution in [2.45, 2.75) is 24.0 Å². The fraction of sp³-hybridized carbons (Fsp3) is 0.545. The second-order valence-corrected chi connectivity index (χ2v) is 5.50. The molecule has 2 rings (SSSR count). The molecule has 0 saturated heterocycles. The Hall–Kier alpha value is -1.30. The Morgan fingerprint density at radius 2 is 2.41 bits per heavy atom. The molecule has 1 heterocycles.